The first-order valence-electron chi connectivity index (χ1n) is 7.43. The van der Waals surface area contributed by atoms with Crippen LogP contribution in [0.4, 0.5) is 5.69 Å². The summed E-state index contributed by atoms with van der Waals surface area (Å²) < 4.78 is 0.977. The third-order valence-corrected chi connectivity index (χ3v) is 4.31. The van der Waals surface area contributed by atoms with E-state index in [9.17, 15) is 9.59 Å². The molecule has 0 saturated heterocycles. The first-order valence-corrected chi connectivity index (χ1v) is 8.22. The summed E-state index contributed by atoms with van der Waals surface area (Å²) in [6.07, 6.45) is 2.12. The highest BCUT2D eigenvalue weighted by Crippen LogP contribution is 2.20. The number of hydrogen-bond acceptors (Lipinski definition) is 3. The summed E-state index contributed by atoms with van der Waals surface area (Å²) in [6, 6.07) is 5.71. The fourth-order valence-corrected chi connectivity index (χ4v) is 2.55. The lowest BCUT2D eigenvalue weighted by molar-refractivity contribution is -0.126. The average molecular weight is 368 g/mol. The number of anilines is 1. The number of carbonyl (C=O) groups excluding carboxylic acids is 2. The Morgan fingerprint density at radius 2 is 2.09 bits per heavy atom. The van der Waals surface area contributed by atoms with Crippen LogP contribution >= 0.6 is 15.9 Å². The van der Waals surface area contributed by atoms with E-state index in [0.717, 1.165) is 28.6 Å². The van der Waals surface area contributed by atoms with Crippen LogP contribution in [0.1, 0.15) is 25.3 Å². The molecule has 2 N–H and O–H groups in total. The Morgan fingerprint density at radius 3 is 2.68 bits per heavy atom. The number of nitrogens with zero attached hydrogens (tertiary/aromatic N) is 1. The molecule has 1 aliphatic carbocycles. The molecule has 1 aromatic carbocycles. The van der Waals surface area contributed by atoms with E-state index in [-0.39, 0.29) is 24.4 Å². The second kappa shape index (κ2) is 7.24. The summed E-state index contributed by atoms with van der Waals surface area (Å²) in [7, 11) is 1.78. The summed E-state index contributed by atoms with van der Waals surface area (Å²) >= 11 is 3.40. The molecule has 22 heavy (non-hydrogen) atoms. The second-order valence-electron chi connectivity index (χ2n) is 5.88. The fourth-order valence-electron chi connectivity index (χ4n) is 2.07. The zero-order valence-electron chi connectivity index (χ0n) is 13.1. The van der Waals surface area contributed by atoms with Crippen LogP contribution in [0.3, 0.4) is 0 Å². The molecule has 1 aromatic rings. The predicted octanol–water partition coefficient (Wildman–Crippen LogP) is 2.29. The Labute approximate surface area is 139 Å². The first kappa shape index (κ1) is 17.0. The Balaban J connectivity index is 1.85. The molecule has 1 fully saturated rings. The molecule has 1 saturated carbocycles. The van der Waals surface area contributed by atoms with Crippen molar-refractivity contribution in [2.75, 3.05) is 18.9 Å². The summed E-state index contributed by atoms with van der Waals surface area (Å²) in [5, 5.41) is 5.84. The summed E-state index contributed by atoms with van der Waals surface area (Å²) in [5.41, 5.74) is 1.78. The van der Waals surface area contributed by atoms with Gasteiger partial charge < -0.3 is 10.6 Å². The minimum Gasteiger partial charge on any atom is -0.352 e. The van der Waals surface area contributed by atoms with E-state index in [1.165, 1.54) is 0 Å². The van der Waals surface area contributed by atoms with Gasteiger partial charge in [-0.15, -0.1) is 0 Å². The Kier molecular flexibility index (Phi) is 5.58. The van der Waals surface area contributed by atoms with Crippen molar-refractivity contribution in [2.45, 2.75) is 38.8 Å². The second-order valence-corrected chi connectivity index (χ2v) is 6.80. The SMILES string of the molecule is Cc1cc(Br)ccc1NC(=O)CN(C)[C@@H](C)C(=O)NC1CC1. The molecule has 1 aliphatic rings. The van der Waals surface area contributed by atoms with E-state index in [2.05, 4.69) is 26.6 Å². The third-order valence-electron chi connectivity index (χ3n) is 3.82. The summed E-state index contributed by atoms with van der Waals surface area (Å²) in [5.74, 6) is -0.142. The van der Waals surface area contributed by atoms with Crippen LogP contribution < -0.4 is 10.6 Å². The molecule has 2 amide bonds. The highest BCUT2D eigenvalue weighted by atomic mass is 79.9. The van der Waals surface area contributed by atoms with E-state index >= 15 is 0 Å². The largest absolute Gasteiger partial charge is 0.352 e. The number of rotatable bonds is 6. The molecule has 0 aromatic heterocycles. The maximum atomic E-state index is 12.1. The highest BCUT2D eigenvalue weighted by molar-refractivity contribution is 9.10. The zero-order valence-corrected chi connectivity index (χ0v) is 14.7. The van der Waals surface area contributed by atoms with Crippen LogP contribution in [0.25, 0.3) is 0 Å². The van der Waals surface area contributed by atoms with Crippen LogP contribution in [0.5, 0.6) is 0 Å². The van der Waals surface area contributed by atoms with Crippen LogP contribution in [0.15, 0.2) is 22.7 Å². The molecule has 1 atom stereocenters. The van der Waals surface area contributed by atoms with Crippen molar-refractivity contribution in [3.63, 3.8) is 0 Å². The smallest absolute Gasteiger partial charge is 0.238 e. The lowest BCUT2D eigenvalue weighted by Gasteiger charge is -2.23. The fraction of sp³-hybridized carbons (Fsp3) is 0.500. The molecule has 0 spiro atoms. The van der Waals surface area contributed by atoms with Gasteiger partial charge in [0.05, 0.1) is 12.6 Å². The van der Waals surface area contributed by atoms with Crippen LogP contribution in [0.2, 0.25) is 0 Å². The van der Waals surface area contributed by atoms with Crippen molar-refractivity contribution in [1.82, 2.24) is 10.2 Å². The van der Waals surface area contributed by atoms with E-state index in [4.69, 9.17) is 0 Å². The monoisotopic (exact) mass is 367 g/mol. The molecule has 2 rings (SSSR count). The lowest BCUT2D eigenvalue weighted by atomic mass is 10.2. The van der Waals surface area contributed by atoms with Crippen molar-refractivity contribution in [3.8, 4) is 0 Å². The number of amides is 2. The Morgan fingerprint density at radius 1 is 1.41 bits per heavy atom. The van der Waals surface area contributed by atoms with Gasteiger partial charge in [0.2, 0.25) is 11.8 Å². The standard InChI is InChI=1S/C16H22BrN3O2/c1-10-8-12(17)4-7-14(10)19-15(21)9-20(3)11(2)16(22)18-13-5-6-13/h4,7-8,11,13H,5-6,9H2,1-3H3,(H,18,22)(H,19,21)/t11-/m0/s1. The molecule has 0 aliphatic heterocycles. The van der Waals surface area contributed by atoms with Gasteiger partial charge >= 0.3 is 0 Å². The molecular formula is C16H22BrN3O2. The zero-order chi connectivity index (χ0) is 16.3. The number of likely N-dealkylation sites (N-methyl/N-ethyl adjacent to an activating group) is 1. The molecule has 6 heteroatoms. The minimum atomic E-state index is -0.322. The molecule has 120 valence electrons. The predicted molar refractivity (Wildman–Crippen MR) is 90.8 cm³/mol. The van der Waals surface area contributed by atoms with Gasteiger partial charge in [0, 0.05) is 16.2 Å². The van der Waals surface area contributed by atoms with Crippen molar-refractivity contribution in [3.05, 3.63) is 28.2 Å². The first-order chi connectivity index (χ1) is 10.4. The molecule has 0 heterocycles. The van der Waals surface area contributed by atoms with E-state index in [1.54, 1.807) is 11.9 Å². The molecule has 5 nitrogen and oxygen atoms in total. The van der Waals surface area contributed by atoms with Crippen LogP contribution in [-0.2, 0) is 9.59 Å². The van der Waals surface area contributed by atoms with Gasteiger partial charge in [0.25, 0.3) is 0 Å². The van der Waals surface area contributed by atoms with Crippen molar-refractivity contribution in [1.29, 1.82) is 0 Å². The topological polar surface area (TPSA) is 61.4 Å². The summed E-state index contributed by atoms with van der Waals surface area (Å²) in [6.45, 7) is 3.93. The van der Waals surface area contributed by atoms with E-state index in [1.807, 2.05) is 32.0 Å². The summed E-state index contributed by atoms with van der Waals surface area (Å²) in [4.78, 5) is 25.9. The van der Waals surface area contributed by atoms with Gasteiger partial charge in [-0.25, -0.2) is 0 Å². The minimum absolute atomic E-state index is 0.0161. The number of hydrogen-bond donors (Lipinski definition) is 2. The Hall–Kier alpha value is -1.40. The normalized spacial score (nSPS) is 15.5. The molecule has 0 radical (unpaired) electrons. The van der Waals surface area contributed by atoms with Gasteiger partial charge in [-0.2, -0.15) is 0 Å². The Bertz CT molecular complexity index is 573. The maximum Gasteiger partial charge on any atom is 0.238 e. The van der Waals surface area contributed by atoms with Gasteiger partial charge in [-0.1, -0.05) is 15.9 Å². The highest BCUT2D eigenvalue weighted by Gasteiger charge is 2.27. The van der Waals surface area contributed by atoms with Gasteiger partial charge in [0.1, 0.15) is 0 Å². The quantitative estimate of drug-likeness (QED) is 0.810. The van der Waals surface area contributed by atoms with Crippen LogP contribution in [-0.4, -0.2) is 42.4 Å². The number of aryl methyl sites for hydroxylation is 1. The van der Waals surface area contributed by atoms with Crippen molar-refractivity contribution in [2.24, 2.45) is 0 Å². The molecular weight excluding hydrogens is 346 g/mol. The van der Waals surface area contributed by atoms with Gasteiger partial charge in [0.15, 0.2) is 0 Å². The maximum absolute atomic E-state index is 12.1. The number of benzene rings is 1. The van der Waals surface area contributed by atoms with Crippen molar-refractivity contribution < 1.29 is 9.59 Å². The number of nitrogens with one attached hydrogen (secondary N) is 2. The molecule has 0 bridgehead atoms. The third kappa shape index (κ3) is 4.81. The number of halogens is 1. The number of carbonyl (C=O) groups is 2. The van der Waals surface area contributed by atoms with Crippen LogP contribution in [0, 0.1) is 6.92 Å². The lowest BCUT2D eigenvalue weighted by Crippen LogP contribution is -2.46. The van der Waals surface area contributed by atoms with E-state index < -0.39 is 0 Å². The average Bonchev–Trinajstić information content (AvgIpc) is 3.24. The van der Waals surface area contributed by atoms with Gasteiger partial charge in [-0.3, -0.25) is 14.5 Å². The van der Waals surface area contributed by atoms with E-state index in [0.29, 0.717) is 6.04 Å². The van der Waals surface area contributed by atoms with Crippen molar-refractivity contribution >= 4 is 33.4 Å². The van der Waals surface area contributed by atoms with Gasteiger partial charge in [-0.05, 0) is 57.5 Å². The molecule has 0 unspecified atom stereocenters.